The summed E-state index contributed by atoms with van der Waals surface area (Å²) in [6.45, 7) is 1.79. The summed E-state index contributed by atoms with van der Waals surface area (Å²) in [6.07, 6.45) is 8.46. The third kappa shape index (κ3) is 3.88. The first-order valence-electron chi connectivity index (χ1n) is 6.96. The van der Waals surface area contributed by atoms with Gasteiger partial charge in [-0.05, 0) is 11.1 Å². The highest BCUT2D eigenvalue weighted by Gasteiger charge is 2.21. The van der Waals surface area contributed by atoms with Crippen molar-refractivity contribution in [3.63, 3.8) is 0 Å². The highest BCUT2D eigenvalue weighted by molar-refractivity contribution is 5.76. The maximum absolute atomic E-state index is 11.5. The smallest absolute Gasteiger partial charge is 0.375 e. The maximum Gasteiger partial charge on any atom is 0.375 e. The molecule has 0 saturated heterocycles. The van der Waals surface area contributed by atoms with Gasteiger partial charge in [0.05, 0.1) is 7.11 Å². The van der Waals surface area contributed by atoms with Crippen LogP contribution in [0.2, 0.25) is 0 Å². The van der Waals surface area contributed by atoms with Crippen LogP contribution in [-0.4, -0.2) is 19.4 Å². The van der Waals surface area contributed by atoms with E-state index < -0.39 is 0 Å². The van der Waals surface area contributed by atoms with Crippen LogP contribution < -0.4 is 4.57 Å². The summed E-state index contributed by atoms with van der Waals surface area (Å²) in [5.41, 5.74) is 2.70. The minimum absolute atomic E-state index is 0.274. The number of methoxy groups -OCH3 is 1. The number of ether oxygens (including phenoxy) is 1. The number of carbonyl (C=O) groups excluding carboxylic acids is 2. The maximum atomic E-state index is 11.5. The molecule has 4 heteroatoms. The van der Waals surface area contributed by atoms with E-state index >= 15 is 0 Å². The Bertz CT molecular complexity index is 672. The molecule has 0 amide bonds. The van der Waals surface area contributed by atoms with Gasteiger partial charge in [-0.15, -0.1) is 0 Å². The summed E-state index contributed by atoms with van der Waals surface area (Å²) < 4.78 is 6.52. The number of carbonyl (C=O) groups is 2. The molecule has 0 N–H and O–H groups in total. The summed E-state index contributed by atoms with van der Waals surface area (Å²) in [7, 11) is 1.38. The fourth-order valence-corrected chi connectivity index (χ4v) is 1.99. The van der Waals surface area contributed by atoms with Crippen molar-refractivity contribution >= 4 is 24.4 Å². The number of esters is 1. The number of hydrogen-bond acceptors (Lipinski definition) is 3. The predicted octanol–water partition coefficient (Wildman–Crippen LogP) is 2.69. The van der Waals surface area contributed by atoms with Gasteiger partial charge in [-0.3, -0.25) is 4.79 Å². The fraction of sp³-hybridized carbons (Fsp3) is 0.167. The standard InChI is InChI=1S/C18H18NO3/c1-14(18(21)22-2)19-11-9-16(10-12-19)4-3-15-5-7-17(13-20)8-6-15/h3-14H,1-2H3/q+1/b4-3+. The lowest BCUT2D eigenvalue weighted by Gasteiger charge is -2.04. The van der Waals surface area contributed by atoms with Crippen LogP contribution in [0.3, 0.4) is 0 Å². The predicted molar refractivity (Wildman–Crippen MR) is 84.1 cm³/mol. The molecule has 1 unspecified atom stereocenters. The molecule has 2 rings (SSSR count). The van der Waals surface area contributed by atoms with Crippen LogP contribution in [0.5, 0.6) is 0 Å². The Balaban J connectivity index is 2.08. The number of benzene rings is 1. The molecule has 0 saturated carbocycles. The second-order valence-electron chi connectivity index (χ2n) is 4.90. The zero-order valence-corrected chi connectivity index (χ0v) is 12.6. The molecular weight excluding hydrogens is 278 g/mol. The molecule has 1 atom stereocenters. The lowest BCUT2D eigenvalue weighted by atomic mass is 10.1. The van der Waals surface area contributed by atoms with Crippen LogP contribution in [0, 0.1) is 0 Å². The van der Waals surface area contributed by atoms with Gasteiger partial charge in [0.25, 0.3) is 6.04 Å². The number of rotatable bonds is 5. The van der Waals surface area contributed by atoms with E-state index in [1.807, 2.05) is 48.8 Å². The quantitative estimate of drug-likeness (QED) is 0.484. The van der Waals surface area contributed by atoms with Crippen molar-refractivity contribution < 1.29 is 18.9 Å². The van der Waals surface area contributed by atoms with Crippen molar-refractivity contribution in [3.05, 3.63) is 65.5 Å². The molecule has 4 nitrogen and oxygen atoms in total. The number of aldehydes is 1. The van der Waals surface area contributed by atoms with E-state index in [0.29, 0.717) is 5.56 Å². The van der Waals surface area contributed by atoms with Gasteiger partial charge in [-0.1, -0.05) is 36.4 Å². The lowest BCUT2D eigenvalue weighted by molar-refractivity contribution is -0.707. The highest BCUT2D eigenvalue weighted by Crippen LogP contribution is 2.09. The summed E-state index contributed by atoms with van der Waals surface area (Å²) in [6, 6.07) is 10.9. The topological polar surface area (TPSA) is 47.2 Å². The van der Waals surface area contributed by atoms with E-state index in [4.69, 9.17) is 4.74 Å². The van der Waals surface area contributed by atoms with Crippen molar-refractivity contribution in [1.29, 1.82) is 0 Å². The van der Waals surface area contributed by atoms with Gasteiger partial charge in [0.1, 0.15) is 6.29 Å². The Morgan fingerprint density at radius 1 is 1.00 bits per heavy atom. The van der Waals surface area contributed by atoms with E-state index in [1.165, 1.54) is 7.11 Å². The molecule has 0 radical (unpaired) electrons. The molecule has 2 aromatic rings. The molecule has 0 fully saturated rings. The number of pyridine rings is 1. The van der Waals surface area contributed by atoms with Gasteiger partial charge >= 0.3 is 5.97 Å². The third-order valence-corrected chi connectivity index (χ3v) is 3.41. The van der Waals surface area contributed by atoms with Crippen LogP contribution >= 0.6 is 0 Å². The largest absolute Gasteiger partial charge is 0.464 e. The molecule has 0 aliphatic carbocycles. The molecule has 1 aromatic heterocycles. The van der Waals surface area contributed by atoms with Crippen LogP contribution in [-0.2, 0) is 9.53 Å². The van der Waals surface area contributed by atoms with E-state index in [-0.39, 0.29) is 12.0 Å². The van der Waals surface area contributed by atoms with Crippen molar-refractivity contribution in [2.45, 2.75) is 13.0 Å². The molecule has 0 spiro atoms. The van der Waals surface area contributed by atoms with E-state index in [9.17, 15) is 9.59 Å². The second-order valence-corrected chi connectivity index (χ2v) is 4.90. The molecule has 112 valence electrons. The number of nitrogens with zero attached hydrogens (tertiary/aromatic N) is 1. The Kier molecular flexibility index (Phi) is 5.20. The molecule has 1 heterocycles. The van der Waals surface area contributed by atoms with Crippen molar-refractivity contribution in [1.82, 2.24) is 0 Å². The normalized spacial score (nSPS) is 12.1. The minimum Gasteiger partial charge on any atom is -0.464 e. The number of aromatic nitrogens is 1. The summed E-state index contributed by atoms with van der Waals surface area (Å²) in [5.74, 6) is -0.274. The zero-order valence-electron chi connectivity index (χ0n) is 12.6. The first kappa shape index (κ1) is 15.6. The Hall–Kier alpha value is -2.75. The van der Waals surface area contributed by atoms with Gasteiger partial charge in [0.2, 0.25) is 0 Å². The van der Waals surface area contributed by atoms with E-state index in [1.54, 1.807) is 23.6 Å². The zero-order chi connectivity index (χ0) is 15.9. The minimum atomic E-state index is -0.348. The van der Waals surface area contributed by atoms with Gasteiger partial charge in [-0.25, -0.2) is 4.79 Å². The highest BCUT2D eigenvalue weighted by atomic mass is 16.5. The van der Waals surface area contributed by atoms with Crippen molar-refractivity contribution in [2.75, 3.05) is 7.11 Å². The van der Waals surface area contributed by atoms with E-state index in [0.717, 1.165) is 17.4 Å². The van der Waals surface area contributed by atoms with Crippen LogP contribution in [0.25, 0.3) is 12.2 Å². The van der Waals surface area contributed by atoms with Gasteiger partial charge in [0, 0.05) is 24.6 Å². The van der Waals surface area contributed by atoms with Crippen molar-refractivity contribution in [2.24, 2.45) is 0 Å². The van der Waals surface area contributed by atoms with Gasteiger partial charge in [-0.2, -0.15) is 4.57 Å². The first-order valence-corrected chi connectivity index (χ1v) is 6.96. The van der Waals surface area contributed by atoms with E-state index in [2.05, 4.69) is 0 Å². The third-order valence-electron chi connectivity index (χ3n) is 3.41. The second kappa shape index (κ2) is 7.31. The Labute approximate surface area is 129 Å². The Morgan fingerprint density at radius 3 is 2.00 bits per heavy atom. The molecule has 22 heavy (non-hydrogen) atoms. The van der Waals surface area contributed by atoms with Crippen LogP contribution in [0.15, 0.2) is 48.8 Å². The average molecular weight is 296 g/mol. The summed E-state index contributed by atoms with van der Waals surface area (Å²) >= 11 is 0. The van der Waals surface area contributed by atoms with Crippen molar-refractivity contribution in [3.8, 4) is 0 Å². The SMILES string of the molecule is COC(=O)C(C)[n+]1ccc(/C=C/c2ccc(C=O)cc2)cc1. The molecule has 0 aliphatic heterocycles. The van der Waals surface area contributed by atoms with Gasteiger partial charge < -0.3 is 4.74 Å². The lowest BCUT2D eigenvalue weighted by Crippen LogP contribution is -2.42. The molecule has 0 aliphatic rings. The van der Waals surface area contributed by atoms with Crippen LogP contribution in [0.4, 0.5) is 0 Å². The molecule has 0 bridgehead atoms. The Morgan fingerprint density at radius 2 is 1.50 bits per heavy atom. The first-order chi connectivity index (χ1) is 10.6. The average Bonchev–Trinajstić information content (AvgIpc) is 2.59. The number of hydrogen-bond donors (Lipinski definition) is 0. The molecular formula is C18H18NO3+. The monoisotopic (exact) mass is 296 g/mol. The summed E-state index contributed by atoms with van der Waals surface area (Å²) in [5, 5.41) is 0. The molecule has 1 aromatic carbocycles. The van der Waals surface area contributed by atoms with Gasteiger partial charge in [0.15, 0.2) is 12.4 Å². The summed E-state index contributed by atoms with van der Waals surface area (Å²) in [4.78, 5) is 22.1. The fourth-order valence-electron chi connectivity index (χ4n) is 1.99. The van der Waals surface area contributed by atoms with Crippen LogP contribution in [0.1, 0.15) is 34.5 Å².